The van der Waals surface area contributed by atoms with Gasteiger partial charge in [0.2, 0.25) is 0 Å². The molecule has 5 nitrogen and oxygen atoms in total. The van der Waals surface area contributed by atoms with Crippen LogP contribution in [0.3, 0.4) is 0 Å². The number of hydrogen-bond donors (Lipinski definition) is 2. The highest BCUT2D eigenvalue weighted by Crippen LogP contribution is 2.35. The molecule has 1 aliphatic rings. The fourth-order valence-corrected chi connectivity index (χ4v) is 4.91. The van der Waals surface area contributed by atoms with E-state index in [-0.39, 0.29) is 10.8 Å². The van der Waals surface area contributed by atoms with Crippen molar-refractivity contribution >= 4 is 33.9 Å². The predicted octanol–water partition coefficient (Wildman–Crippen LogP) is 6.61. The summed E-state index contributed by atoms with van der Waals surface area (Å²) in [4.78, 5) is 3.82. The third-order valence-corrected chi connectivity index (χ3v) is 6.94. The van der Waals surface area contributed by atoms with Gasteiger partial charge in [0, 0.05) is 17.1 Å². The molecule has 1 aliphatic carbocycles. The van der Waals surface area contributed by atoms with E-state index in [2.05, 4.69) is 17.2 Å². The number of pyridine rings is 1. The quantitative estimate of drug-likeness (QED) is 0.394. The molecule has 4 rings (SSSR count). The fraction of sp³-hybridized carbons (Fsp3) is 0.480. The number of hydrogen-bond acceptors (Lipinski definition) is 4. The lowest BCUT2D eigenvalue weighted by atomic mass is 9.85. The summed E-state index contributed by atoms with van der Waals surface area (Å²) < 4.78 is 41.2. The third-order valence-electron chi connectivity index (χ3n) is 6.61. The summed E-state index contributed by atoms with van der Waals surface area (Å²) in [6, 6.07) is 7.60. The first-order valence-corrected chi connectivity index (χ1v) is 12.0. The molecular weight excluding hydrogens is 461 g/mol. The van der Waals surface area contributed by atoms with E-state index in [1.807, 2.05) is 23.0 Å². The van der Waals surface area contributed by atoms with E-state index < -0.39 is 17.5 Å². The lowest BCUT2D eigenvalue weighted by Crippen LogP contribution is -2.23. The number of alkyl halides is 3. The Kier molecular flexibility index (Phi) is 6.70. The van der Waals surface area contributed by atoms with Crippen LogP contribution in [0.5, 0.6) is 0 Å². The van der Waals surface area contributed by atoms with Crippen LogP contribution < -0.4 is 5.32 Å². The molecule has 1 fully saturated rings. The van der Waals surface area contributed by atoms with Crippen LogP contribution in [0.15, 0.2) is 36.5 Å². The van der Waals surface area contributed by atoms with Gasteiger partial charge in [-0.1, -0.05) is 31.6 Å². The molecule has 1 aromatic carbocycles. The molecule has 9 heteroatoms. The molecule has 2 aromatic heterocycles. The van der Waals surface area contributed by atoms with Crippen LogP contribution in [0, 0.1) is 5.92 Å². The number of halogens is 3. The second-order valence-corrected chi connectivity index (χ2v) is 9.98. The smallest absolute Gasteiger partial charge is 0.386 e. The van der Waals surface area contributed by atoms with Crippen molar-refractivity contribution < 1.29 is 18.3 Å². The number of nitrogens with zero attached hydrogens (tertiary/aromatic N) is 3. The summed E-state index contributed by atoms with van der Waals surface area (Å²) in [6.45, 7) is 5.52. The van der Waals surface area contributed by atoms with Crippen LogP contribution in [0.2, 0.25) is 0 Å². The molecule has 0 spiro atoms. The summed E-state index contributed by atoms with van der Waals surface area (Å²) >= 11 is 5.55. The number of anilines is 1. The first-order valence-electron chi connectivity index (χ1n) is 11.6. The Labute approximate surface area is 202 Å². The van der Waals surface area contributed by atoms with Crippen molar-refractivity contribution in [1.29, 1.82) is 0 Å². The van der Waals surface area contributed by atoms with Crippen LogP contribution in [0.25, 0.3) is 10.9 Å². The van der Waals surface area contributed by atoms with Gasteiger partial charge in [-0.25, -0.2) is 4.98 Å². The van der Waals surface area contributed by atoms with Crippen molar-refractivity contribution in [3.63, 3.8) is 0 Å². The molecule has 34 heavy (non-hydrogen) atoms. The zero-order chi connectivity index (χ0) is 24.7. The highest BCUT2D eigenvalue weighted by atomic mass is 32.1. The zero-order valence-electron chi connectivity index (χ0n) is 19.5. The molecule has 0 aliphatic heterocycles. The predicted molar refractivity (Wildman–Crippen MR) is 131 cm³/mol. The Morgan fingerprint density at radius 3 is 2.50 bits per heavy atom. The van der Waals surface area contributed by atoms with E-state index in [4.69, 9.17) is 17.3 Å². The molecule has 0 radical (unpaired) electrons. The van der Waals surface area contributed by atoms with Gasteiger partial charge < -0.3 is 10.4 Å². The average Bonchev–Trinajstić information content (AvgIpc) is 3.20. The Morgan fingerprint density at radius 2 is 1.88 bits per heavy atom. The summed E-state index contributed by atoms with van der Waals surface area (Å²) in [5, 5.41) is 19.3. The largest absolute Gasteiger partial charge is 0.433 e. The lowest BCUT2D eigenvalue weighted by molar-refractivity contribution is -0.141. The Balaban J connectivity index is 1.66. The van der Waals surface area contributed by atoms with Crippen molar-refractivity contribution in [3.05, 3.63) is 53.3 Å². The molecule has 0 saturated heterocycles. The number of nitrogens with one attached hydrogen (secondary N) is 1. The normalized spacial score (nSPS) is 19.4. The molecule has 0 atom stereocenters. The molecule has 3 aromatic rings. The van der Waals surface area contributed by atoms with Gasteiger partial charge in [0.1, 0.15) is 16.5 Å². The van der Waals surface area contributed by atoms with Gasteiger partial charge in [-0.05, 0) is 75.3 Å². The van der Waals surface area contributed by atoms with Crippen molar-refractivity contribution in [3.8, 4) is 0 Å². The van der Waals surface area contributed by atoms with Crippen molar-refractivity contribution in [2.75, 3.05) is 5.32 Å². The molecule has 1 saturated carbocycles. The Bertz CT molecular complexity index is 1190. The van der Waals surface area contributed by atoms with E-state index in [1.54, 1.807) is 13.8 Å². The van der Waals surface area contributed by atoms with Gasteiger partial charge in [0.25, 0.3) is 0 Å². The summed E-state index contributed by atoms with van der Waals surface area (Å²) in [5.74, 6) is 0.771. The number of fused-ring (bicyclic) bond motifs is 1. The van der Waals surface area contributed by atoms with Gasteiger partial charge in [-0.15, -0.1) is 0 Å². The Morgan fingerprint density at radius 1 is 1.18 bits per heavy atom. The SMILES string of the molecule is CCC1CCC(n2cc3cc(C(=S)Nc4cccc(C(F)(F)F)n4)c(C(C)(C)O)cc3n2)CC1. The molecule has 0 amide bonds. The van der Waals surface area contributed by atoms with Crippen LogP contribution in [-0.4, -0.2) is 24.9 Å². The summed E-state index contributed by atoms with van der Waals surface area (Å²) in [6.07, 6.45) is 3.19. The number of thiocarbonyl (C=S) groups is 1. The van der Waals surface area contributed by atoms with Gasteiger partial charge in [-0.2, -0.15) is 18.3 Å². The first-order chi connectivity index (χ1) is 16.0. The second-order valence-electron chi connectivity index (χ2n) is 9.57. The molecule has 2 N–H and O–H groups in total. The number of rotatable bonds is 5. The maximum absolute atomic E-state index is 13.1. The molecule has 0 unspecified atom stereocenters. The summed E-state index contributed by atoms with van der Waals surface area (Å²) in [7, 11) is 0. The average molecular weight is 491 g/mol. The monoisotopic (exact) mass is 490 g/mol. The van der Waals surface area contributed by atoms with E-state index in [0.29, 0.717) is 17.2 Å². The minimum absolute atomic E-state index is 0.00926. The minimum atomic E-state index is -4.55. The van der Waals surface area contributed by atoms with Crippen LogP contribution in [0.4, 0.5) is 19.0 Å². The third kappa shape index (κ3) is 5.25. The molecule has 2 heterocycles. The zero-order valence-corrected chi connectivity index (χ0v) is 20.3. The van der Waals surface area contributed by atoms with E-state index in [9.17, 15) is 18.3 Å². The number of benzene rings is 1. The van der Waals surface area contributed by atoms with Gasteiger partial charge in [0.05, 0.1) is 17.2 Å². The van der Waals surface area contributed by atoms with Gasteiger partial charge >= 0.3 is 6.18 Å². The standard InChI is InChI=1S/C25H29F3N4OS/c1-4-15-8-10-17(11-9-15)32-14-16-12-18(19(24(2,3)33)13-20(16)31-32)23(34)30-22-7-5-6-21(29-22)25(26,27)28/h5-7,12-15,17,33H,4,8-11H2,1-3H3,(H,29,30,34). The molecular formula is C25H29F3N4OS. The van der Waals surface area contributed by atoms with Crippen molar-refractivity contribution in [2.24, 2.45) is 5.92 Å². The Hall–Kier alpha value is -2.52. The van der Waals surface area contributed by atoms with E-state index in [0.717, 1.165) is 35.7 Å². The highest BCUT2D eigenvalue weighted by molar-refractivity contribution is 7.81. The summed E-state index contributed by atoms with van der Waals surface area (Å²) in [5.41, 5.74) is -0.414. The van der Waals surface area contributed by atoms with Crippen molar-refractivity contribution in [2.45, 2.75) is 70.7 Å². The maximum Gasteiger partial charge on any atom is 0.433 e. The fourth-order valence-electron chi connectivity index (χ4n) is 4.64. The molecule has 0 bridgehead atoms. The van der Waals surface area contributed by atoms with Crippen LogP contribution in [0.1, 0.15) is 75.7 Å². The lowest BCUT2D eigenvalue weighted by Gasteiger charge is -2.27. The number of aliphatic hydroxyl groups is 1. The second kappa shape index (κ2) is 9.26. The van der Waals surface area contributed by atoms with E-state index >= 15 is 0 Å². The van der Waals surface area contributed by atoms with Crippen LogP contribution >= 0.6 is 12.2 Å². The minimum Gasteiger partial charge on any atom is -0.386 e. The molecule has 182 valence electrons. The van der Waals surface area contributed by atoms with Crippen molar-refractivity contribution in [1.82, 2.24) is 14.8 Å². The van der Waals surface area contributed by atoms with E-state index in [1.165, 1.54) is 31.4 Å². The van der Waals surface area contributed by atoms with Gasteiger partial charge in [-0.3, -0.25) is 4.68 Å². The number of aromatic nitrogens is 3. The van der Waals surface area contributed by atoms with Crippen LogP contribution in [-0.2, 0) is 11.8 Å². The highest BCUT2D eigenvalue weighted by Gasteiger charge is 2.32. The first kappa shape index (κ1) is 24.6. The topological polar surface area (TPSA) is 63.0 Å². The van der Waals surface area contributed by atoms with Gasteiger partial charge in [0.15, 0.2) is 0 Å². The maximum atomic E-state index is 13.1.